The van der Waals surface area contributed by atoms with Crippen molar-refractivity contribution < 1.29 is 0 Å². The van der Waals surface area contributed by atoms with Gasteiger partial charge in [0.25, 0.3) is 0 Å². The molecule has 1 heterocycles. The first kappa shape index (κ1) is 16.0. The van der Waals surface area contributed by atoms with E-state index in [1.54, 1.807) is 7.05 Å². The van der Waals surface area contributed by atoms with E-state index >= 15 is 0 Å². The van der Waals surface area contributed by atoms with Crippen LogP contribution < -0.4 is 10.6 Å². The highest BCUT2D eigenvalue weighted by atomic mass is 15.2. The topological polar surface area (TPSA) is 49.3 Å². The number of pyridine rings is 1. The Morgan fingerprint density at radius 3 is 2.58 bits per heavy atom. The Balaban J connectivity index is 1.51. The van der Waals surface area contributed by atoms with Crippen LogP contribution in [0.3, 0.4) is 0 Å². The Hall–Kier alpha value is -2.88. The standard InChI is InChI=1S/C20H22N4/c1-21-20(23-13-11-19-8-4-5-12-22-19)24-15-16-9-10-17-6-2-3-7-18(17)14-16/h2-10,12,14H,11,13,15H2,1H3,(H2,21,23,24). The van der Waals surface area contributed by atoms with Gasteiger partial charge in [0, 0.05) is 38.4 Å². The monoisotopic (exact) mass is 318 g/mol. The average molecular weight is 318 g/mol. The largest absolute Gasteiger partial charge is 0.356 e. The second-order valence-corrected chi connectivity index (χ2v) is 5.61. The average Bonchev–Trinajstić information content (AvgIpc) is 2.65. The molecule has 1 aromatic heterocycles. The van der Waals surface area contributed by atoms with Gasteiger partial charge in [0.05, 0.1) is 0 Å². The molecular formula is C20H22N4. The molecule has 3 aromatic rings. The predicted octanol–water partition coefficient (Wildman–Crippen LogP) is 3.14. The number of aliphatic imine (C=N–C) groups is 1. The molecule has 4 heteroatoms. The van der Waals surface area contributed by atoms with E-state index in [1.807, 2.05) is 24.4 Å². The van der Waals surface area contributed by atoms with Crippen LogP contribution in [0.5, 0.6) is 0 Å². The second-order valence-electron chi connectivity index (χ2n) is 5.61. The second kappa shape index (κ2) is 8.11. The van der Waals surface area contributed by atoms with Crippen LogP contribution >= 0.6 is 0 Å². The van der Waals surface area contributed by atoms with Crippen LogP contribution in [-0.4, -0.2) is 24.5 Å². The Morgan fingerprint density at radius 2 is 1.79 bits per heavy atom. The van der Waals surface area contributed by atoms with Gasteiger partial charge in [-0.15, -0.1) is 0 Å². The van der Waals surface area contributed by atoms with Crippen molar-refractivity contribution in [1.29, 1.82) is 0 Å². The number of guanidine groups is 1. The molecule has 0 unspecified atom stereocenters. The molecule has 0 saturated carbocycles. The quantitative estimate of drug-likeness (QED) is 0.561. The number of rotatable bonds is 5. The van der Waals surface area contributed by atoms with Crippen LogP contribution in [0.1, 0.15) is 11.3 Å². The highest BCUT2D eigenvalue weighted by Crippen LogP contribution is 2.15. The molecule has 0 bridgehead atoms. The Kier molecular flexibility index (Phi) is 5.40. The molecule has 3 rings (SSSR count). The normalized spacial score (nSPS) is 11.5. The maximum Gasteiger partial charge on any atom is 0.191 e. The van der Waals surface area contributed by atoms with Crippen molar-refractivity contribution >= 4 is 16.7 Å². The lowest BCUT2D eigenvalue weighted by Gasteiger charge is -2.12. The van der Waals surface area contributed by atoms with E-state index in [4.69, 9.17) is 0 Å². The molecular weight excluding hydrogens is 296 g/mol. The molecule has 0 spiro atoms. The number of hydrogen-bond donors (Lipinski definition) is 2. The van der Waals surface area contributed by atoms with Crippen molar-refractivity contribution in [3.8, 4) is 0 Å². The zero-order valence-corrected chi connectivity index (χ0v) is 13.9. The van der Waals surface area contributed by atoms with Gasteiger partial charge in [-0.1, -0.05) is 42.5 Å². The van der Waals surface area contributed by atoms with Crippen molar-refractivity contribution in [2.45, 2.75) is 13.0 Å². The highest BCUT2D eigenvalue weighted by molar-refractivity contribution is 5.83. The summed E-state index contributed by atoms with van der Waals surface area (Å²) >= 11 is 0. The summed E-state index contributed by atoms with van der Waals surface area (Å²) in [4.78, 5) is 8.59. The number of nitrogens with one attached hydrogen (secondary N) is 2. The molecule has 0 aliphatic carbocycles. The minimum Gasteiger partial charge on any atom is -0.356 e. The Bertz CT molecular complexity index is 812. The first-order valence-electron chi connectivity index (χ1n) is 8.17. The van der Waals surface area contributed by atoms with Gasteiger partial charge in [-0.05, 0) is 34.5 Å². The molecule has 4 nitrogen and oxygen atoms in total. The number of aromatic nitrogens is 1. The fraction of sp³-hybridized carbons (Fsp3) is 0.200. The molecule has 0 atom stereocenters. The highest BCUT2D eigenvalue weighted by Gasteiger charge is 2.00. The Labute approximate surface area is 142 Å². The molecule has 2 aromatic carbocycles. The molecule has 2 N–H and O–H groups in total. The molecule has 0 fully saturated rings. The molecule has 0 radical (unpaired) electrons. The van der Waals surface area contributed by atoms with E-state index in [0.717, 1.165) is 31.2 Å². The molecule has 0 saturated heterocycles. The van der Waals surface area contributed by atoms with Crippen molar-refractivity contribution in [2.75, 3.05) is 13.6 Å². The van der Waals surface area contributed by atoms with Crippen LogP contribution in [0.25, 0.3) is 10.8 Å². The summed E-state index contributed by atoms with van der Waals surface area (Å²) in [7, 11) is 1.79. The summed E-state index contributed by atoms with van der Waals surface area (Å²) in [5.41, 5.74) is 2.32. The van der Waals surface area contributed by atoms with Crippen molar-refractivity contribution in [3.05, 3.63) is 78.1 Å². The third-order valence-electron chi connectivity index (χ3n) is 3.90. The van der Waals surface area contributed by atoms with Gasteiger partial charge in [0.1, 0.15) is 0 Å². The summed E-state index contributed by atoms with van der Waals surface area (Å²) in [6, 6.07) is 20.9. The van der Waals surface area contributed by atoms with E-state index in [9.17, 15) is 0 Å². The van der Waals surface area contributed by atoms with E-state index in [2.05, 4.69) is 63.1 Å². The zero-order valence-electron chi connectivity index (χ0n) is 13.9. The van der Waals surface area contributed by atoms with Crippen LogP contribution in [0.4, 0.5) is 0 Å². The van der Waals surface area contributed by atoms with E-state index in [1.165, 1.54) is 16.3 Å². The molecule has 0 aliphatic rings. The number of benzene rings is 2. The van der Waals surface area contributed by atoms with Gasteiger partial charge in [-0.25, -0.2) is 0 Å². The number of fused-ring (bicyclic) bond motifs is 1. The van der Waals surface area contributed by atoms with Crippen LogP contribution in [0, 0.1) is 0 Å². The van der Waals surface area contributed by atoms with Crippen molar-refractivity contribution in [1.82, 2.24) is 15.6 Å². The maximum atomic E-state index is 4.32. The maximum absolute atomic E-state index is 4.32. The van der Waals surface area contributed by atoms with Crippen molar-refractivity contribution in [3.63, 3.8) is 0 Å². The summed E-state index contributed by atoms with van der Waals surface area (Å²) in [5.74, 6) is 0.805. The van der Waals surface area contributed by atoms with Crippen molar-refractivity contribution in [2.24, 2.45) is 4.99 Å². The summed E-state index contributed by atoms with van der Waals surface area (Å²) in [5, 5.41) is 9.20. The van der Waals surface area contributed by atoms with Gasteiger partial charge in [-0.3, -0.25) is 9.98 Å². The fourth-order valence-corrected chi connectivity index (χ4v) is 2.61. The first-order chi connectivity index (χ1) is 11.8. The van der Waals surface area contributed by atoms with Crippen LogP contribution in [0.15, 0.2) is 71.9 Å². The summed E-state index contributed by atoms with van der Waals surface area (Å²) in [6.45, 7) is 1.54. The summed E-state index contributed by atoms with van der Waals surface area (Å²) in [6.07, 6.45) is 2.69. The predicted molar refractivity (Wildman–Crippen MR) is 100 cm³/mol. The number of hydrogen-bond acceptors (Lipinski definition) is 2. The van der Waals surface area contributed by atoms with Gasteiger partial charge in [0.15, 0.2) is 5.96 Å². The Morgan fingerprint density at radius 1 is 0.958 bits per heavy atom. The first-order valence-corrected chi connectivity index (χ1v) is 8.17. The van der Waals surface area contributed by atoms with E-state index < -0.39 is 0 Å². The summed E-state index contributed by atoms with van der Waals surface area (Å²) < 4.78 is 0. The smallest absolute Gasteiger partial charge is 0.191 e. The molecule has 0 amide bonds. The SMILES string of the molecule is CN=C(NCCc1ccccn1)NCc1ccc2ccccc2c1. The number of nitrogens with zero attached hydrogens (tertiary/aromatic N) is 2. The minimum atomic E-state index is 0.744. The zero-order chi connectivity index (χ0) is 16.6. The fourth-order valence-electron chi connectivity index (χ4n) is 2.61. The van der Waals surface area contributed by atoms with Gasteiger partial charge in [-0.2, -0.15) is 0 Å². The minimum absolute atomic E-state index is 0.744. The van der Waals surface area contributed by atoms with Gasteiger partial charge >= 0.3 is 0 Å². The molecule has 0 aliphatic heterocycles. The molecule has 122 valence electrons. The van der Waals surface area contributed by atoms with E-state index in [0.29, 0.717) is 0 Å². The van der Waals surface area contributed by atoms with Gasteiger partial charge < -0.3 is 10.6 Å². The third kappa shape index (κ3) is 4.32. The lowest BCUT2D eigenvalue weighted by Crippen LogP contribution is -2.37. The van der Waals surface area contributed by atoms with Gasteiger partial charge in [0.2, 0.25) is 0 Å². The lowest BCUT2D eigenvalue weighted by atomic mass is 10.1. The third-order valence-corrected chi connectivity index (χ3v) is 3.90. The van der Waals surface area contributed by atoms with E-state index in [-0.39, 0.29) is 0 Å². The lowest BCUT2D eigenvalue weighted by molar-refractivity contribution is 0.784. The molecule has 24 heavy (non-hydrogen) atoms. The van der Waals surface area contributed by atoms with Crippen LogP contribution in [0.2, 0.25) is 0 Å². The van der Waals surface area contributed by atoms with Crippen LogP contribution in [-0.2, 0) is 13.0 Å².